The molecule has 3 aromatic rings. The van der Waals surface area contributed by atoms with Crippen LogP contribution < -0.4 is 37.1 Å². The number of carbonyl (C=O) groups is 5. The second-order valence-electron chi connectivity index (χ2n) is 19.8. The van der Waals surface area contributed by atoms with Crippen LogP contribution in [0.25, 0.3) is 5.70 Å². The van der Waals surface area contributed by atoms with E-state index in [1.807, 2.05) is 28.0 Å². The third-order valence-corrected chi connectivity index (χ3v) is 15.8. The first-order valence-electron chi connectivity index (χ1n) is 24.5. The maximum Gasteiger partial charge on any atom is 0.320 e. The van der Waals surface area contributed by atoms with Gasteiger partial charge in [0.25, 0.3) is 11.8 Å². The molecule has 2 bridgehead atoms. The molecule has 0 aromatic heterocycles. The summed E-state index contributed by atoms with van der Waals surface area (Å²) in [5.74, 6) is -0.876. The Morgan fingerprint density at radius 2 is 1.42 bits per heavy atom. The Bertz CT molecular complexity index is 2560. The summed E-state index contributed by atoms with van der Waals surface area (Å²) in [6.45, 7) is 8.85. The smallest absolute Gasteiger partial charge is 0.320 e. The summed E-state index contributed by atoms with van der Waals surface area (Å²) in [4.78, 5) is 78.9. The summed E-state index contributed by atoms with van der Waals surface area (Å²) in [7, 11) is 0. The molecule has 7 aliphatic heterocycles. The summed E-state index contributed by atoms with van der Waals surface area (Å²) < 4.78 is 6.33. The largest absolute Gasteiger partial charge is 0.507 e. The first kappa shape index (κ1) is 45.8. The zero-order valence-electron chi connectivity index (χ0n) is 39.1. The number of ether oxygens (including phenoxy) is 1. The van der Waals surface area contributed by atoms with Crippen molar-refractivity contribution in [3.63, 3.8) is 0 Å². The zero-order valence-corrected chi connectivity index (χ0v) is 39.1. The minimum Gasteiger partial charge on any atom is -0.507 e. The molecule has 3 aromatic carbocycles. The first-order chi connectivity index (χ1) is 33.3. The van der Waals surface area contributed by atoms with Gasteiger partial charge in [-0.2, -0.15) is 0 Å². The molecule has 8 N–H and O–H groups in total. The average Bonchev–Trinajstić information content (AvgIpc) is 3.76. The van der Waals surface area contributed by atoms with Gasteiger partial charge in [-0.15, -0.1) is 0 Å². The second-order valence-corrected chi connectivity index (χ2v) is 19.8. The lowest BCUT2D eigenvalue weighted by molar-refractivity contribution is -0.136. The third-order valence-electron chi connectivity index (χ3n) is 15.8. The summed E-state index contributed by atoms with van der Waals surface area (Å²) >= 11 is 0. The summed E-state index contributed by atoms with van der Waals surface area (Å²) in [5, 5.41) is 12.6. The number of para-hydroxylation sites is 1. The Kier molecular flexibility index (Phi) is 12.5. The fourth-order valence-corrected chi connectivity index (χ4v) is 11.8. The summed E-state index contributed by atoms with van der Waals surface area (Å²) in [6.07, 6.45) is 7.93. The van der Waals surface area contributed by atoms with Gasteiger partial charge in [0.05, 0.1) is 16.8 Å². The molecule has 7 heterocycles. The van der Waals surface area contributed by atoms with Crippen molar-refractivity contribution in [1.29, 1.82) is 0 Å². The lowest BCUT2D eigenvalue weighted by Crippen LogP contribution is -2.56. The van der Waals surface area contributed by atoms with Crippen LogP contribution in [-0.2, 0) is 9.59 Å². The van der Waals surface area contributed by atoms with E-state index in [4.69, 9.17) is 21.9 Å². The number of allylic oxidation sites excluding steroid dienone is 1. The minimum absolute atomic E-state index is 0.0835. The molecule has 7 aliphatic rings. The predicted molar refractivity (Wildman–Crippen MR) is 260 cm³/mol. The number of hydrogen-bond donors (Lipinski definition) is 5. The van der Waals surface area contributed by atoms with Gasteiger partial charge in [-0.1, -0.05) is 18.2 Å². The third kappa shape index (κ3) is 9.09. The molecule has 18 nitrogen and oxygen atoms in total. The van der Waals surface area contributed by atoms with E-state index in [9.17, 15) is 29.1 Å². The van der Waals surface area contributed by atoms with Gasteiger partial charge in [0.1, 0.15) is 30.0 Å². The molecule has 364 valence electrons. The first-order valence-corrected chi connectivity index (χ1v) is 24.5. The van der Waals surface area contributed by atoms with E-state index in [0.29, 0.717) is 42.2 Å². The molecule has 69 heavy (non-hydrogen) atoms. The van der Waals surface area contributed by atoms with Crippen LogP contribution in [0.5, 0.6) is 11.5 Å². The standard InChI is InChI=1S/C51H63N11O7/c52-41(39-6-1-2-7-44(39)63)30-43(46(53)54)60-31-35-8-9-36(32-60)61(35)34-4-3-5-37(28-34)69-27-26-56-22-24-59(25-23-56)50(68)58-20-16-51(17-21-58)14-18-57(19-15-51)33-10-11-38-40(29-33)49(67)62(48(38)66)42-12-13-45(64)55-47(42)65/h1-7,10-11,28-30,35-36,42,63H,8-9,12-27,31-32,52-54H2,(H,55,64,65)/b41-30-. The molecular weight excluding hydrogens is 879 g/mol. The van der Waals surface area contributed by atoms with Crippen molar-refractivity contribution in [3.8, 4) is 11.5 Å². The number of nitrogens with zero attached hydrogens (tertiary/aromatic N) is 7. The van der Waals surface area contributed by atoms with Crippen LogP contribution in [0.4, 0.5) is 16.2 Å². The van der Waals surface area contributed by atoms with Crippen molar-refractivity contribution in [2.75, 3.05) is 88.4 Å². The molecule has 6 fully saturated rings. The SMILES string of the molecule is NC(N)=C(/C=C(\N)c1ccccc1O)N1CC2CCC(C1)N2c1cccc(OCCN2CCN(C(=O)N3CCC4(CC3)CCN(c3ccc5c(c3)C(=O)N(C3CCC(=O)NC3=O)C5=O)CC4)CC2)c1. The van der Waals surface area contributed by atoms with E-state index in [0.717, 1.165) is 119 Å². The molecule has 6 amide bonds. The Labute approximate surface area is 402 Å². The number of fused-ring (bicyclic) bond motifs is 3. The Morgan fingerprint density at radius 1 is 0.739 bits per heavy atom. The van der Waals surface area contributed by atoms with Crippen LogP contribution in [-0.4, -0.2) is 156 Å². The van der Waals surface area contributed by atoms with E-state index >= 15 is 0 Å². The van der Waals surface area contributed by atoms with Crippen molar-refractivity contribution < 1.29 is 33.8 Å². The number of nitrogens with two attached hydrogens (primary N) is 3. The number of amides is 6. The molecule has 3 unspecified atom stereocenters. The molecule has 3 atom stereocenters. The maximum atomic E-state index is 13.7. The number of benzene rings is 3. The number of aromatic hydroxyl groups is 1. The van der Waals surface area contributed by atoms with Crippen LogP contribution in [0.1, 0.15) is 77.6 Å². The number of rotatable bonds is 10. The highest BCUT2D eigenvalue weighted by atomic mass is 16.5. The van der Waals surface area contributed by atoms with Crippen molar-refractivity contribution in [2.45, 2.75) is 69.5 Å². The van der Waals surface area contributed by atoms with Gasteiger partial charge >= 0.3 is 6.03 Å². The van der Waals surface area contributed by atoms with Crippen LogP contribution in [0.3, 0.4) is 0 Å². The van der Waals surface area contributed by atoms with E-state index < -0.39 is 29.7 Å². The van der Waals surface area contributed by atoms with Gasteiger partial charge < -0.3 is 51.5 Å². The van der Waals surface area contributed by atoms with Gasteiger partial charge in [-0.25, -0.2) is 4.79 Å². The average molecular weight is 942 g/mol. The number of carbonyl (C=O) groups excluding carboxylic acids is 5. The van der Waals surface area contributed by atoms with Gasteiger partial charge in [0.2, 0.25) is 11.8 Å². The molecule has 18 heteroatoms. The molecule has 6 saturated heterocycles. The molecule has 0 saturated carbocycles. The highest BCUT2D eigenvalue weighted by Gasteiger charge is 2.46. The molecule has 10 rings (SSSR count). The fraction of sp³-hybridized carbons (Fsp3) is 0.471. The van der Waals surface area contributed by atoms with Crippen molar-refractivity contribution >= 4 is 46.7 Å². The second kappa shape index (κ2) is 18.9. The van der Waals surface area contributed by atoms with E-state index in [1.54, 1.807) is 36.4 Å². The zero-order chi connectivity index (χ0) is 48.0. The quantitative estimate of drug-likeness (QED) is 0.146. The summed E-state index contributed by atoms with van der Waals surface area (Å²) in [6, 6.07) is 20.3. The number of imide groups is 2. The van der Waals surface area contributed by atoms with Crippen molar-refractivity contribution in [3.05, 3.63) is 101 Å². The van der Waals surface area contributed by atoms with Gasteiger partial charge in [0.15, 0.2) is 0 Å². The number of nitrogens with one attached hydrogen (secondary N) is 1. The number of likely N-dealkylation sites (tertiary alicyclic amines) is 2. The fourth-order valence-electron chi connectivity index (χ4n) is 11.8. The number of piperidine rings is 3. The molecule has 0 radical (unpaired) electrons. The molecule has 1 spiro atoms. The van der Waals surface area contributed by atoms with Gasteiger partial charge in [0, 0.05) is 119 Å². The number of phenolic OH excluding ortho intramolecular Hbond substituents is 1. The highest BCUT2D eigenvalue weighted by molar-refractivity contribution is 6.23. The topological polar surface area (TPSA) is 228 Å². The van der Waals surface area contributed by atoms with Crippen molar-refractivity contribution in [2.24, 2.45) is 22.6 Å². The summed E-state index contributed by atoms with van der Waals surface area (Å²) in [5.41, 5.74) is 23.2. The minimum atomic E-state index is -0.986. The van der Waals surface area contributed by atoms with Crippen molar-refractivity contribution in [1.82, 2.24) is 29.8 Å². The van der Waals surface area contributed by atoms with Crippen LogP contribution in [0.2, 0.25) is 0 Å². The monoisotopic (exact) mass is 941 g/mol. The van der Waals surface area contributed by atoms with E-state index in [2.05, 4.69) is 43.1 Å². The number of urea groups is 1. The molecule has 0 aliphatic carbocycles. The lowest BCUT2D eigenvalue weighted by atomic mass is 9.71. The maximum absolute atomic E-state index is 13.7. The number of anilines is 2. The normalized spacial score (nSPS) is 23.9. The van der Waals surface area contributed by atoms with Crippen LogP contribution in [0.15, 0.2) is 84.3 Å². The Morgan fingerprint density at radius 3 is 2.12 bits per heavy atom. The highest BCUT2D eigenvalue weighted by Crippen LogP contribution is 2.43. The van der Waals surface area contributed by atoms with Crippen LogP contribution in [0, 0.1) is 5.41 Å². The lowest BCUT2D eigenvalue weighted by Gasteiger charge is -2.48. The van der Waals surface area contributed by atoms with Crippen LogP contribution >= 0.6 is 0 Å². The predicted octanol–water partition coefficient (Wildman–Crippen LogP) is 3.03. The number of hydrogen-bond acceptors (Lipinski definition) is 14. The Hall–Kier alpha value is -6.95. The Balaban J connectivity index is 0.653. The van der Waals surface area contributed by atoms with E-state index in [-0.39, 0.29) is 53.5 Å². The van der Waals surface area contributed by atoms with Gasteiger partial charge in [-0.3, -0.25) is 34.3 Å². The number of phenols is 1. The molecular formula is C51H63N11O7. The van der Waals surface area contributed by atoms with Gasteiger partial charge in [-0.05, 0) is 98.9 Å². The number of piperazine rings is 2. The van der Waals surface area contributed by atoms with E-state index in [1.165, 1.54) is 0 Å².